The monoisotopic (exact) mass is 287 g/mol. The van der Waals surface area contributed by atoms with Gasteiger partial charge in [-0.05, 0) is 25.7 Å². The quantitative estimate of drug-likeness (QED) is 0.519. The number of carbonyl (C=O) groups is 3. The molecule has 1 saturated heterocycles. The predicted molar refractivity (Wildman–Crippen MR) is 69.9 cm³/mol. The van der Waals surface area contributed by atoms with E-state index in [4.69, 9.17) is 15.6 Å². The highest BCUT2D eigenvalue weighted by molar-refractivity contribution is 5.87. The lowest BCUT2D eigenvalue weighted by Gasteiger charge is -2.28. The van der Waals surface area contributed by atoms with Crippen molar-refractivity contribution >= 4 is 17.9 Å². The maximum Gasteiger partial charge on any atom is 0.326 e. The van der Waals surface area contributed by atoms with Crippen LogP contribution in [-0.4, -0.2) is 48.3 Å². The molecule has 0 spiro atoms. The van der Waals surface area contributed by atoms with Crippen LogP contribution in [0.5, 0.6) is 0 Å². The van der Waals surface area contributed by atoms with Gasteiger partial charge in [-0.2, -0.15) is 0 Å². The molecular formula is C12H21N3O5. The van der Waals surface area contributed by atoms with Crippen molar-refractivity contribution in [3.05, 3.63) is 0 Å². The summed E-state index contributed by atoms with van der Waals surface area (Å²) < 4.78 is 5.24. The van der Waals surface area contributed by atoms with Gasteiger partial charge in [0.1, 0.15) is 6.04 Å². The zero-order valence-corrected chi connectivity index (χ0v) is 11.4. The van der Waals surface area contributed by atoms with Crippen molar-refractivity contribution in [2.45, 2.75) is 38.3 Å². The number of hydrogen-bond acceptors (Lipinski definition) is 4. The Kier molecular flexibility index (Phi) is 6.23. The van der Waals surface area contributed by atoms with Gasteiger partial charge in [0.15, 0.2) is 0 Å². The van der Waals surface area contributed by atoms with Crippen molar-refractivity contribution in [3.8, 4) is 0 Å². The lowest BCUT2D eigenvalue weighted by atomic mass is 9.93. The van der Waals surface area contributed by atoms with E-state index >= 15 is 0 Å². The number of urea groups is 1. The molecule has 0 bridgehead atoms. The van der Waals surface area contributed by atoms with Crippen molar-refractivity contribution in [2.75, 3.05) is 13.2 Å². The minimum atomic E-state index is -1.31. The highest BCUT2D eigenvalue weighted by Gasteiger charge is 2.25. The van der Waals surface area contributed by atoms with E-state index in [0.717, 1.165) is 12.8 Å². The first-order valence-corrected chi connectivity index (χ1v) is 6.56. The maximum atomic E-state index is 11.7. The molecule has 0 aromatic heterocycles. The summed E-state index contributed by atoms with van der Waals surface area (Å²) in [5.41, 5.74) is 4.94. The zero-order chi connectivity index (χ0) is 15.1. The lowest BCUT2D eigenvalue weighted by Crippen LogP contribution is -2.51. The number of rotatable bonds is 6. The molecule has 1 aliphatic heterocycles. The average Bonchev–Trinajstić information content (AvgIpc) is 2.38. The number of amides is 3. The van der Waals surface area contributed by atoms with E-state index in [2.05, 4.69) is 10.6 Å². The third-order valence-electron chi connectivity index (χ3n) is 3.34. The number of nitrogens with two attached hydrogens (primary N) is 1. The molecule has 0 aliphatic carbocycles. The van der Waals surface area contributed by atoms with Crippen molar-refractivity contribution in [2.24, 2.45) is 11.7 Å². The molecule has 1 heterocycles. The van der Waals surface area contributed by atoms with Crippen LogP contribution in [0, 0.1) is 5.92 Å². The van der Waals surface area contributed by atoms with Gasteiger partial charge in [-0.25, -0.2) is 9.59 Å². The Balaban J connectivity index is 2.43. The Bertz CT molecular complexity index is 368. The fourth-order valence-corrected chi connectivity index (χ4v) is 2.14. The van der Waals surface area contributed by atoms with Crippen LogP contribution < -0.4 is 16.4 Å². The molecule has 8 heteroatoms. The van der Waals surface area contributed by atoms with Crippen LogP contribution in [-0.2, 0) is 14.3 Å². The molecule has 114 valence electrons. The molecule has 3 amide bonds. The zero-order valence-electron chi connectivity index (χ0n) is 11.4. The van der Waals surface area contributed by atoms with Gasteiger partial charge in [-0.15, -0.1) is 0 Å². The number of aliphatic carboxylic acids is 1. The topological polar surface area (TPSA) is 131 Å². The summed E-state index contributed by atoms with van der Waals surface area (Å²) in [6, 6.07) is -2.02. The second-order valence-electron chi connectivity index (χ2n) is 4.92. The van der Waals surface area contributed by atoms with Gasteiger partial charge >= 0.3 is 12.0 Å². The van der Waals surface area contributed by atoms with Crippen LogP contribution in [0.2, 0.25) is 0 Å². The molecule has 2 atom stereocenters. The Labute approximate surface area is 117 Å². The number of hydrogen-bond donors (Lipinski definition) is 4. The largest absolute Gasteiger partial charge is 0.480 e. The minimum absolute atomic E-state index is 0.0954. The van der Waals surface area contributed by atoms with Gasteiger partial charge in [-0.3, -0.25) is 4.79 Å². The fraction of sp³-hybridized carbons (Fsp3) is 0.750. The number of primary amides is 1. The van der Waals surface area contributed by atoms with E-state index < -0.39 is 30.4 Å². The Morgan fingerprint density at radius 3 is 2.40 bits per heavy atom. The first kappa shape index (κ1) is 16.2. The lowest BCUT2D eigenvalue weighted by molar-refractivity contribution is -0.140. The van der Waals surface area contributed by atoms with Crippen LogP contribution in [0.4, 0.5) is 4.79 Å². The maximum absolute atomic E-state index is 11.7. The molecule has 8 nitrogen and oxygen atoms in total. The normalized spacial score (nSPS) is 18.9. The van der Waals surface area contributed by atoms with Crippen LogP contribution in [0.15, 0.2) is 0 Å². The molecule has 20 heavy (non-hydrogen) atoms. The SMILES string of the molecule is CC(NC(=O)NC(CC(N)=O)C(=O)O)C1CCOCC1. The Hall–Kier alpha value is -1.83. The van der Waals surface area contributed by atoms with E-state index in [1.807, 2.05) is 6.92 Å². The molecule has 2 unspecified atom stereocenters. The van der Waals surface area contributed by atoms with Crippen LogP contribution >= 0.6 is 0 Å². The summed E-state index contributed by atoms with van der Waals surface area (Å²) >= 11 is 0. The highest BCUT2D eigenvalue weighted by atomic mass is 16.5. The first-order valence-electron chi connectivity index (χ1n) is 6.56. The minimum Gasteiger partial charge on any atom is -0.480 e. The van der Waals surface area contributed by atoms with Gasteiger partial charge in [0.2, 0.25) is 5.91 Å². The second kappa shape index (κ2) is 7.68. The van der Waals surface area contributed by atoms with Crippen molar-refractivity contribution in [1.29, 1.82) is 0 Å². The summed E-state index contributed by atoms with van der Waals surface area (Å²) in [6.45, 7) is 3.19. The summed E-state index contributed by atoms with van der Waals surface area (Å²) in [6.07, 6.45) is 1.27. The molecule has 0 radical (unpaired) electrons. The second-order valence-corrected chi connectivity index (χ2v) is 4.92. The number of nitrogens with one attached hydrogen (secondary N) is 2. The van der Waals surface area contributed by atoms with Gasteiger partial charge in [0, 0.05) is 19.3 Å². The molecule has 5 N–H and O–H groups in total. The molecule has 0 aromatic carbocycles. The van der Waals surface area contributed by atoms with Gasteiger partial charge in [0.25, 0.3) is 0 Å². The highest BCUT2D eigenvalue weighted by Crippen LogP contribution is 2.18. The Morgan fingerprint density at radius 1 is 1.30 bits per heavy atom. The molecule has 1 fully saturated rings. The van der Waals surface area contributed by atoms with Crippen molar-refractivity contribution < 1.29 is 24.2 Å². The summed E-state index contributed by atoms with van der Waals surface area (Å²) in [5, 5.41) is 13.8. The van der Waals surface area contributed by atoms with E-state index in [9.17, 15) is 14.4 Å². The smallest absolute Gasteiger partial charge is 0.326 e. The molecule has 1 aliphatic rings. The first-order chi connectivity index (χ1) is 9.40. The van der Waals surface area contributed by atoms with Crippen molar-refractivity contribution in [1.82, 2.24) is 10.6 Å². The summed E-state index contributed by atoms with van der Waals surface area (Å²) in [5.74, 6) is -1.78. The molecule has 0 aromatic rings. The van der Waals surface area contributed by atoms with E-state index in [-0.39, 0.29) is 6.04 Å². The predicted octanol–water partition coefficient (Wildman–Crippen LogP) is -0.571. The van der Waals surface area contributed by atoms with Crippen LogP contribution in [0.25, 0.3) is 0 Å². The number of ether oxygens (including phenoxy) is 1. The number of carboxylic acids is 1. The Morgan fingerprint density at radius 2 is 1.90 bits per heavy atom. The average molecular weight is 287 g/mol. The van der Waals surface area contributed by atoms with Gasteiger partial charge in [0.05, 0.1) is 6.42 Å². The van der Waals surface area contributed by atoms with Crippen LogP contribution in [0.3, 0.4) is 0 Å². The molecule has 1 rings (SSSR count). The third-order valence-corrected chi connectivity index (χ3v) is 3.34. The number of carboxylic acid groups (broad SMARTS) is 1. The van der Waals surface area contributed by atoms with Gasteiger partial charge in [-0.1, -0.05) is 0 Å². The van der Waals surface area contributed by atoms with Gasteiger partial charge < -0.3 is 26.2 Å². The summed E-state index contributed by atoms with van der Waals surface area (Å²) in [7, 11) is 0. The fourth-order valence-electron chi connectivity index (χ4n) is 2.14. The van der Waals surface area contributed by atoms with E-state index in [1.54, 1.807) is 0 Å². The molecular weight excluding hydrogens is 266 g/mol. The standard InChI is InChI=1S/C12H21N3O5/c1-7(8-2-4-20-5-3-8)14-12(19)15-9(11(17)18)6-10(13)16/h7-9H,2-6H2,1H3,(H2,13,16)(H,17,18)(H2,14,15,19). The van der Waals surface area contributed by atoms with E-state index in [0.29, 0.717) is 19.1 Å². The third kappa shape index (κ3) is 5.43. The summed E-state index contributed by atoms with van der Waals surface area (Å²) in [4.78, 5) is 33.4. The van der Waals surface area contributed by atoms with Crippen LogP contribution in [0.1, 0.15) is 26.2 Å². The molecule has 0 saturated carbocycles. The number of carbonyl (C=O) groups excluding carboxylic acids is 2. The van der Waals surface area contributed by atoms with E-state index in [1.165, 1.54) is 0 Å². The van der Waals surface area contributed by atoms with Crippen molar-refractivity contribution in [3.63, 3.8) is 0 Å².